The fourth-order valence-corrected chi connectivity index (χ4v) is 6.26. The number of carbonyl (C=O) groups is 1. The number of halogens is 2. The Bertz CT molecular complexity index is 1510. The van der Waals surface area contributed by atoms with Crippen LogP contribution in [0.25, 0.3) is 0 Å². The molecule has 1 aliphatic heterocycles. The van der Waals surface area contributed by atoms with Crippen LogP contribution in [0.1, 0.15) is 37.8 Å². The van der Waals surface area contributed by atoms with Crippen molar-refractivity contribution in [2.45, 2.75) is 32.2 Å². The highest BCUT2D eigenvalue weighted by Gasteiger charge is 2.39. The van der Waals surface area contributed by atoms with Gasteiger partial charge in [-0.25, -0.2) is 13.6 Å². The first-order valence-electron chi connectivity index (χ1n) is 13.7. The summed E-state index contributed by atoms with van der Waals surface area (Å²) in [7, 11) is 1.74. The maximum atomic E-state index is 14.3. The Labute approximate surface area is 233 Å². The zero-order chi connectivity index (χ0) is 27.8. The second-order valence-electron chi connectivity index (χ2n) is 10.7. The van der Waals surface area contributed by atoms with Crippen molar-refractivity contribution >= 4 is 17.4 Å². The highest BCUT2D eigenvalue weighted by Crippen LogP contribution is 2.49. The number of hydrazine groups is 1. The van der Waals surface area contributed by atoms with Crippen LogP contribution in [0, 0.1) is 23.5 Å². The largest absolute Gasteiger partial charge is 0.331 e. The molecule has 2 aliphatic carbocycles. The maximum absolute atomic E-state index is 14.3. The normalized spacial score (nSPS) is 20.2. The Balaban J connectivity index is 1.27. The van der Waals surface area contributed by atoms with Crippen LogP contribution in [-0.4, -0.2) is 13.1 Å². The molecule has 1 heterocycles. The van der Waals surface area contributed by atoms with Gasteiger partial charge >= 0.3 is 6.03 Å². The monoisotopic (exact) mass is 538 g/mol. The van der Waals surface area contributed by atoms with Gasteiger partial charge in [0.25, 0.3) is 0 Å². The highest BCUT2D eigenvalue weighted by molar-refractivity contribution is 5.91. The molecule has 0 spiro atoms. The molecule has 0 saturated carbocycles. The van der Waals surface area contributed by atoms with Gasteiger partial charge in [-0.3, -0.25) is 9.91 Å². The van der Waals surface area contributed by atoms with E-state index < -0.39 is 0 Å². The summed E-state index contributed by atoms with van der Waals surface area (Å²) >= 11 is 0. The van der Waals surface area contributed by atoms with Gasteiger partial charge in [0.2, 0.25) is 0 Å². The van der Waals surface area contributed by atoms with Crippen LogP contribution in [0.4, 0.5) is 25.0 Å². The van der Waals surface area contributed by atoms with Crippen molar-refractivity contribution in [3.8, 4) is 0 Å². The van der Waals surface area contributed by atoms with E-state index in [0.717, 1.165) is 35.5 Å². The highest BCUT2D eigenvalue weighted by atomic mass is 19.1. The minimum absolute atomic E-state index is 0.177. The molecule has 0 bridgehead atoms. The Kier molecular flexibility index (Phi) is 6.88. The first kappa shape index (κ1) is 25.9. The molecule has 7 heteroatoms. The topological polar surface area (TPSA) is 47.6 Å². The smallest absolute Gasteiger partial charge is 0.322 e. The molecule has 1 unspecified atom stereocenters. The number of nitrogens with one attached hydrogen (secondary N) is 2. The molecule has 3 aromatic rings. The summed E-state index contributed by atoms with van der Waals surface area (Å²) < 4.78 is 27.8. The third kappa shape index (κ3) is 4.88. The van der Waals surface area contributed by atoms with Crippen molar-refractivity contribution < 1.29 is 13.6 Å². The lowest BCUT2D eigenvalue weighted by atomic mass is 9.78. The number of benzene rings is 3. The van der Waals surface area contributed by atoms with Crippen molar-refractivity contribution in [2.24, 2.45) is 11.8 Å². The quantitative estimate of drug-likeness (QED) is 0.344. The third-order valence-electron chi connectivity index (χ3n) is 8.30. The molecule has 0 saturated heterocycles. The standard InChI is InChI=1S/C33H32F2N4O/c1-21-29-20-36-39(28-15-13-25(34)14-16-28)31(29)19-24-12-11-23(32(21)24)18-30(22-7-6-8-26(35)17-22)37-33(40)38(2)27-9-4-3-5-10-27/h3-10,13-17,19-21,23,30,36H,11-12,18H2,1-2H3,(H,37,40)/t21-,23+,30?/m0/s1. The molecule has 0 aromatic heterocycles. The molecule has 0 radical (unpaired) electrons. The molecule has 3 aliphatic rings. The van der Waals surface area contributed by atoms with Gasteiger partial charge in [0, 0.05) is 30.4 Å². The van der Waals surface area contributed by atoms with E-state index >= 15 is 0 Å². The number of carbonyl (C=O) groups excluding carboxylic acids is 1. The zero-order valence-corrected chi connectivity index (χ0v) is 22.6. The van der Waals surface area contributed by atoms with Gasteiger partial charge in [0.1, 0.15) is 11.6 Å². The van der Waals surface area contributed by atoms with E-state index in [-0.39, 0.29) is 35.5 Å². The molecule has 0 fully saturated rings. The van der Waals surface area contributed by atoms with Gasteiger partial charge in [-0.15, -0.1) is 0 Å². The summed E-state index contributed by atoms with van der Waals surface area (Å²) in [6, 6.07) is 21.9. The molecule has 5 nitrogen and oxygen atoms in total. The van der Waals surface area contributed by atoms with Crippen molar-refractivity contribution in [1.29, 1.82) is 0 Å². The van der Waals surface area contributed by atoms with Crippen molar-refractivity contribution in [3.05, 3.63) is 131 Å². The van der Waals surface area contributed by atoms with Crippen LogP contribution in [-0.2, 0) is 0 Å². The number of amides is 2. The fraction of sp³-hybridized carbons (Fsp3) is 0.242. The molecular weight excluding hydrogens is 506 g/mol. The number of rotatable bonds is 6. The predicted molar refractivity (Wildman–Crippen MR) is 154 cm³/mol. The molecule has 3 aromatic carbocycles. The molecule has 40 heavy (non-hydrogen) atoms. The minimum atomic E-state index is -0.352. The van der Waals surface area contributed by atoms with E-state index in [0.29, 0.717) is 6.42 Å². The number of anilines is 2. The predicted octanol–water partition coefficient (Wildman–Crippen LogP) is 7.39. The lowest BCUT2D eigenvalue weighted by molar-refractivity contribution is 0.241. The van der Waals surface area contributed by atoms with Crippen LogP contribution < -0.4 is 20.7 Å². The Morgan fingerprint density at radius 2 is 1.82 bits per heavy atom. The first-order chi connectivity index (χ1) is 19.4. The van der Waals surface area contributed by atoms with E-state index in [1.54, 1.807) is 30.1 Å². The van der Waals surface area contributed by atoms with Crippen molar-refractivity contribution in [3.63, 3.8) is 0 Å². The maximum Gasteiger partial charge on any atom is 0.322 e. The summed E-state index contributed by atoms with van der Waals surface area (Å²) in [6.45, 7) is 2.22. The van der Waals surface area contributed by atoms with Crippen LogP contribution in [0.5, 0.6) is 0 Å². The number of hydrogen-bond donors (Lipinski definition) is 2. The molecule has 6 rings (SSSR count). The lowest BCUT2D eigenvalue weighted by Crippen LogP contribution is -2.40. The number of para-hydroxylation sites is 1. The molecule has 2 amide bonds. The van der Waals surface area contributed by atoms with Gasteiger partial charge in [-0.05, 0) is 90.9 Å². The van der Waals surface area contributed by atoms with Crippen LogP contribution in [0.2, 0.25) is 0 Å². The van der Waals surface area contributed by atoms with Crippen LogP contribution >= 0.6 is 0 Å². The van der Waals surface area contributed by atoms with Gasteiger partial charge in [0.05, 0.1) is 17.4 Å². The van der Waals surface area contributed by atoms with E-state index in [1.807, 2.05) is 47.6 Å². The lowest BCUT2D eigenvalue weighted by Gasteiger charge is -2.32. The van der Waals surface area contributed by atoms with Crippen molar-refractivity contribution in [2.75, 3.05) is 17.0 Å². The van der Waals surface area contributed by atoms with E-state index in [2.05, 4.69) is 23.7 Å². The average molecular weight is 539 g/mol. The Morgan fingerprint density at radius 1 is 1.05 bits per heavy atom. The molecule has 2 N–H and O–H groups in total. The molecular formula is C33H32F2N4O. The Morgan fingerprint density at radius 3 is 2.58 bits per heavy atom. The minimum Gasteiger partial charge on any atom is -0.331 e. The third-order valence-corrected chi connectivity index (χ3v) is 8.30. The second-order valence-corrected chi connectivity index (χ2v) is 10.7. The summed E-state index contributed by atoms with van der Waals surface area (Å²) in [5.41, 5.74) is 10.7. The van der Waals surface area contributed by atoms with E-state index in [1.165, 1.54) is 41.0 Å². The van der Waals surface area contributed by atoms with Crippen LogP contribution in [0.3, 0.4) is 0 Å². The van der Waals surface area contributed by atoms with Crippen molar-refractivity contribution in [1.82, 2.24) is 10.7 Å². The van der Waals surface area contributed by atoms with E-state index in [4.69, 9.17) is 0 Å². The second kappa shape index (κ2) is 10.6. The fourth-order valence-electron chi connectivity index (χ4n) is 6.26. The van der Waals surface area contributed by atoms with Gasteiger partial charge in [-0.2, -0.15) is 0 Å². The Hall–Kier alpha value is -4.39. The number of fused-ring (bicyclic) bond motifs is 1. The number of urea groups is 1. The first-order valence-corrected chi connectivity index (χ1v) is 13.7. The summed E-state index contributed by atoms with van der Waals surface area (Å²) in [4.78, 5) is 14.9. The average Bonchev–Trinajstić information content (AvgIpc) is 3.58. The SMILES string of the molecule is C[C@H]1C2=CNN(c3ccc(F)cc3)C2=CC2=C1[C@@H](CC(NC(=O)N(C)c1ccccc1)c1cccc(F)c1)CC2. The zero-order valence-electron chi connectivity index (χ0n) is 22.6. The number of nitrogens with zero attached hydrogens (tertiary/aromatic N) is 2. The number of hydrogen-bond acceptors (Lipinski definition) is 3. The molecule has 3 atom stereocenters. The van der Waals surface area contributed by atoms with Gasteiger partial charge < -0.3 is 10.7 Å². The van der Waals surface area contributed by atoms with Crippen LogP contribution in [0.15, 0.2) is 114 Å². The summed E-state index contributed by atoms with van der Waals surface area (Å²) in [6.07, 6.45) is 6.84. The summed E-state index contributed by atoms with van der Waals surface area (Å²) in [5.74, 6) is -0.169. The molecule has 204 valence electrons. The van der Waals surface area contributed by atoms with E-state index in [9.17, 15) is 13.6 Å². The number of allylic oxidation sites excluding steroid dienone is 4. The summed E-state index contributed by atoms with van der Waals surface area (Å²) in [5, 5.41) is 5.19. The van der Waals surface area contributed by atoms with Gasteiger partial charge in [-0.1, -0.05) is 42.8 Å². The van der Waals surface area contributed by atoms with Gasteiger partial charge in [0.15, 0.2) is 0 Å².